The van der Waals surface area contributed by atoms with Gasteiger partial charge in [0.25, 0.3) is 0 Å². The topological polar surface area (TPSA) is 62.9 Å². The number of guanidine groups is 1. The number of piperidine rings is 1. The summed E-state index contributed by atoms with van der Waals surface area (Å²) in [6.45, 7) is 15.7. The quantitative estimate of drug-likeness (QED) is 0.419. The van der Waals surface area contributed by atoms with Gasteiger partial charge in [0.2, 0.25) is 0 Å². The van der Waals surface area contributed by atoms with Crippen molar-refractivity contribution in [2.75, 3.05) is 19.6 Å². The van der Waals surface area contributed by atoms with E-state index >= 15 is 0 Å². The molecule has 1 aliphatic heterocycles. The first-order chi connectivity index (χ1) is 11.3. The van der Waals surface area contributed by atoms with Crippen LogP contribution in [0.3, 0.4) is 0 Å². The first-order valence-corrected chi connectivity index (χ1v) is 8.93. The second-order valence-electron chi connectivity index (χ2n) is 7.39. The Balaban J connectivity index is 0.00000312. The fraction of sp³-hybridized carbons (Fsp3) is 0.778. The van der Waals surface area contributed by atoms with Crippen molar-refractivity contribution in [3.05, 3.63) is 17.0 Å². The molecule has 25 heavy (non-hydrogen) atoms. The molecule has 6 nitrogen and oxygen atoms in total. The number of nitrogens with one attached hydrogen (secondary N) is 1. The average molecular weight is 464 g/mol. The van der Waals surface area contributed by atoms with E-state index in [4.69, 9.17) is 14.3 Å². The summed E-state index contributed by atoms with van der Waals surface area (Å²) >= 11 is 0. The number of likely N-dealkylation sites (tertiary alicyclic amines) is 1. The van der Waals surface area contributed by atoms with E-state index in [0.717, 1.165) is 55.5 Å². The summed E-state index contributed by atoms with van der Waals surface area (Å²) in [4.78, 5) is 7.12. The van der Waals surface area contributed by atoms with Crippen molar-refractivity contribution < 1.29 is 9.26 Å². The Kier molecular flexibility index (Phi) is 8.67. The summed E-state index contributed by atoms with van der Waals surface area (Å²) in [5.74, 6) is 1.82. The second kappa shape index (κ2) is 9.75. The molecule has 144 valence electrons. The van der Waals surface area contributed by atoms with Crippen LogP contribution in [0.1, 0.15) is 57.6 Å². The molecule has 2 rings (SSSR count). The van der Waals surface area contributed by atoms with Crippen LogP contribution in [0.5, 0.6) is 0 Å². The van der Waals surface area contributed by atoms with Crippen LogP contribution in [0.15, 0.2) is 9.52 Å². The maximum absolute atomic E-state index is 6.11. The number of aryl methyl sites for hydroxylation is 2. The predicted octanol–water partition coefficient (Wildman–Crippen LogP) is 3.65. The summed E-state index contributed by atoms with van der Waals surface area (Å²) in [7, 11) is 0. The number of halogens is 1. The van der Waals surface area contributed by atoms with Gasteiger partial charge in [-0.2, -0.15) is 0 Å². The third-order valence-corrected chi connectivity index (χ3v) is 4.16. The van der Waals surface area contributed by atoms with Crippen LogP contribution in [0.4, 0.5) is 0 Å². The second-order valence-corrected chi connectivity index (χ2v) is 7.39. The van der Waals surface area contributed by atoms with Crippen LogP contribution in [-0.4, -0.2) is 47.4 Å². The number of nitrogens with zero attached hydrogens (tertiary/aromatic N) is 3. The number of aliphatic imine (C=N–C) groups is 1. The summed E-state index contributed by atoms with van der Waals surface area (Å²) < 4.78 is 11.3. The summed E-state index contributed by atoms with van der Waals surface area (Å²) in [6, 6.07) is 0. The molecule has 1 aromatic rings. The van der Waals surface area contributed by atoms with Gasteiger partial charge in [-0.3, -0.25) is 0 Å². The Labute approximate surface area is 168 Å². The lowest BCUT2D eigenvalue weighted by Gasteiger charge is -2.37. The molecule has 1 N–H and O–H groups in total. The molecule has 0 unspecified atom stereocenters. The standard InChI is InChI=1S/C18H32N4O2.HI/c1-7-19-17(20-12-16-13(2)21-24-14(16)3)22-10-8-15(9-11-22)23-18(4,5)6;/h15H,7-12H2,1-6H3,(H,19,20);1H. The maximum Gasteiger partial charge on any atom is 0.194 e. The van der Waals surface area contributed by atoms with Gasteiger partial charge >= 0.3 is 0 Å². The molecule has 0 spiro atoms. The molecule has 2 heterocycles. The van der Waals surface area contributed by atoms with Crippen molar-refractivity contribution in [1.82, 2.24) is 15.4 Å². The van der Waals surface area contributed by atoms with E-state index < -0.39 is 0 Å². The van der Waals surface area contributed by atoms with Crippen molar-refractivity contribution in [3.8, 4) is 0 Å². The molecule has 0 bridgehead atoms. The van der Waals surface area contributed by atoms with Crippen molar-refractivity contribution in [2.24, 2.45) is 4.99 Å². The van der Waals surface area contributed by atoms with Crippen LogP contribution in [0.25, 0.3) is 0 Å². The first-order valence-electron chi connectivity index (χ1n) is 8.93. The normalized spacial score (nSPS) is 16.7. The van der Waals surface area contributed by atoms with Gasteiger partial charge in [-0.25, -0.2) is 4.99 Å². The van der Waals surface area contributed by atoms with Crippen molar-refractivity contribution in [1.29, 1.82) is 0 Å². The number of ether oxygens (including phenoxy) is 1. The molecule has 0 radical (unpaired) electrons. The third kappa shape index (κ3) is 6.77. The Morgan fingerprint density at radius 3 is 2.44 bits per heavy atom. The highest BCUT2D eigenvalue weighted by atomic mass is 127. The van der Waals surface area contributed by atoms with Gasteiger partial charge < -0.3 is 19.5 Å². The van der Waals surface area contributed by atoms with Crippen LogP contribution < -0.4 is 5.32 Å². The fourth-order valence-corrected chi connectivity index (χ4v) is 2.99. The average Bonchev–Trinajstić information content (AvgIpc) is 2.82. The van der Waals surface area contributed by atoms with E-state index in [1.165, 1.54) is 0 Å². The van der Waals surface area contributed by atoms with E-state index in [-0.39, 0.29) is 29.6 Å². The first kappa shape index (κ1) is 22.2. The van der Waals surface area contributed by atoms with E-state index in [2.05, 4.69) is 43.1 Å². The largest absolute Gasteiger partial charge is 0.372 e. The predicted molar refractivity (Wildman–Crippen MR) is 112 cm³/mol. The molecule has 1 fully saturated rings. The molecule has 0 atom stereocenters. The summed E-state index contributed by atoms with van der Waals surface area (Å²) in [5, 5.41) is 7.40. The fourth-order valence-electron chi connectivity index (χ4n) is 2.99. The van der Waals surface area contributed by atoms with Gasteiger partial charge in [-0.15, -0.1) is 24.0 Å². The smallest absolute Gasteiger partial charge is 0.194 e. The van der Waals surface area contributed by atoms with Crippen molar-refractivity contribution >= 4 is 29.9 Å². The number of hydrogen-bond donors (Lipinski definition) is 1. The van der Waals surface area contributed by atoms with Crippen LogP contribution in [-0.2, 0) is 11.3 Å². The molecule has 0 aliphatic carbocycles. The Morgan fingerprint density at radius 1 is 1.32 bits per heavy atom. The Bertz CT molecular complexity index is 538. The zero-order chi connectivity index (χ0) is 17.7. The molecule has 7 heteroatoms. The molecule has 1 aliphatic rings. The number of aromatic nitrogens is 1. The minimum Gasteiger partial charge on any atom is -0.372 e. The van der Waals surface area contributed by atoms with Crippen molar-refractivity contribution in [2.45, 2.75) is 72.6 Å². The lowest BCUT2D eigenvalue weighted by Crippen LogP contribution is -2.47. The minimum atomic E-state index is -0.0746. The van der Waals surface area contributed by atoms with Crippen LogP contribution in [0, 0.1) is 13.8 Å². The Hall–Kier alpha value is -0.830. The van der Waals surface area contributed by atoms with Crippen molar-refractivity contribution in [3.63, 3.8) is 0 Å². The zero-order valence-corrected chi connectivity index (χ0v) is 18.7. The number of rotatable bonds is 4. The summed E-state index contributed by atoms with van der Waals surface area (Å²) in [5.41, 5.74) is 1.93. The highest BCUT2D eigenvalue weighted by Crippen LogP contribution is 2.20. The summed E-state index contributed by atoms with van der Waals surface area (Å²) in [6.07, 6.45) is 2.41. The SMILES string of the molecule is CCNC(=NCc1c(C)noc1C)N1CCC(OC(C)(C)C)CC1.I. The van der Waals surface area contributed by atoms with Crippen LogP contribution >= 0.6 is 24.0 Å². The lowest BCUT2D eigenvalue weighted by atomic mass is 10.1. The molecular weight excluding hydrogens is 431 g/mol. The maximum atomic E-state index is 6.11. The molecule has 1 aromatic heterocycles. The molecule has 0 saturated carbocycles. The third-order valence-electron chi connectivity index (χ3n) is 4.16. The zero-order valence-electron chi connectivity index (χ0n) is 16.4. The van der Waals surface area contributed by atoms with E-state index in [9.17, 15) is 0 Å². The van der Waals surface area contributed by atoms with Gasteiger partial charge in [-0.05, 0) is 54.4 Å². The van der Waals surface area contributed by atoms with Gasteiger partial charge in [0.1, 0.15) is 5.76 Å². The highest BCUT2D eigenvalue weighted by molar-refractivity contribution is 14.0. The van der Waals surface area contributed by atoms with E-state index in [1.807, 2.05) is 13.8 Å². The molecule has 0 amide bonds. The van der Waals surface area contributed by atoms with E-state index in [0.29, 0.717) is 12.6 Å². The Morgan fingerprint density at radius 2 is 1.96 bits per heavy atom. The molecular formula is C18H33IN4O2. The van der Waals surface area contributed by atoms with Gasteiger partial charge in [0, 0.05) is 25.2 Å². The molecule has 1 saturated heterocycles. The van der Waals surface area contributed by atoms with E-state index in [1.54, 1.807) is 0 Å². The highest BCUT2D eigenvalue weighted by Gasteiger charge is 2.25. The lowest BCUT2D eigenvalue weighted by molar-refractivity contribution is -0.0772. The van der Waals surface area contributed by atoms with Crippen LogP contribution in [0.2, 0.25) is 0 Å². The number of hydrogen-bond acceptors (Lipinski definition) is 4. The van der Waals surface area contributed by atoms with Gasteiger partial charge in [-0.1, -0.05) is 5.16 Å². The minimum absolute atomic E-state index is 0. The van der Waals surface area contributed by atoms with Gasteiger partial charge in [0.05, 0.1) is 23.9 Å². The van der Waals surface area contributed by atoms with Gasteiger partial charge in [0.15, 0.2) is 5.96 Å². The molecule has 0 aromatic carbocycles. The monoisotopic (exact) mass is 464 g/mol.